The van der Waals surface area contributed by atoms with Gasteiger partial charge < -0.3 is 28.8 Å². The van der Waals surface area contributed by atoms with Gasteiger partial charge in [-0.05, 0) is 77.0 Å². The summed E-state index contributed by atoms with van der Waals surface area (Å²) in [5.74, 6) is -0.203. The van der Waals surface area contributed by atoms with Crippen molar-refractivity contribution in [3.63, 3.8) is 0 Å². The van der Waals surface area contributed by atoms with Gasteiger partial charge in [0.25, 0.3) is 7.82 Å². The van der Waals surface area contributed by atoms with Crippen molar-refractivity contribution in [1.29, 1.82) is 0 Å². The Bertz CT molecular complexity index is 1690. The van der Waals surface area contributed by atoms with Gasteiger partial charge in [-0.2, -0.15) is 0 Å². The minimum absolute atomic E-state index is 0.00806. The zero-order valence-electron chi connectivity index (χ0n) is 62.3. The van der Waals surface area contributed by atoms with E-state index in [1.807, 2.05) is 27.2 Å². The molecule has 9 heteroatoms. The minimum Gasteiger partial charge on any atom is -0.756 e. The quantitative estimate of drug-likeness (QED) is 0.0272. The number of phosphoric ester groups is 1. The first kappa shape index (κ1) is 90.2. The van der Waals surface area contributed by atoms with E-state index in [1.54, 1.807) is 6.08 Å². The molecule has 3 unspecified atom stereocenters. The molecule has 0 aliphatic rings. The smallest absolute Gasteiger partial charge is 0.268 e. The molecule has 0 spiro atoms. The molecule has 92 heavy (non-hydrogen) atoms. The van der Waals surface area contributed by atoms with Crippen molar-refractivity contribution in [3.8, 4) is 0 Å². The molecule has 0 aromatic rings. The zero-order valence-corrected chi connectivity index (χ0v) is 63.2. The number of quaternary nitrogens is 1. The summed E-state index contributed by atoms with van der Waals surface area (Å²) in [6.45, 7) is 4.67. The third-order valence-corrected chi connectivity index (χ3v) is 19.6. The van der Waals surface area contributed by atoms with Gasteiger partial charge in [-0.25, -0.2) is 0 Å². The largest absolute Gasteiger partial charge is 0.756 e. The maximum absolute atomic E-state index is 13.1. The van der Waals surface area contributed by atoms with Gasteiger partial charge in [0.1, 0.15) is 13.2 Å². The topological polar surface area (TPSA) is 108 Å². The Hall–Kier alpha value is -1.80. The molecule has 2 N–H and O–H groups in total. The van der Waals surface area contributed by atoms with E-state index in [9.17, 15) is 19.4 Å². The van der Waals surface area contributed by atoms with Gasteiger partial charge in [0.05, 0.1) is 39.9 Å². The van der Waals surface area contributed by atoms with Crippen LogP contribution in [0.2, 0.25) is 0 Å². The average Bonchev–Trinajstić information content (AvgIpc) is 2.63. The van der Waals surface area contributed by atoms with Crippen LogP contribution in [0.25, 0.3) is 0 Å². The van der Waals surface area contributed by atoms with Crippen molar-refractivity contribution in [2.24, 2.45) is 0 Å². The van der Waals surface area contributed by atoms with Crippen molar-refractivity contribution in [2.45, 2.75) is 424 Å². The highest BCUT2D eigenvalue weighted by Gasteiger charge is 2.23. The van der Waals surface area contributed by atoms with Gasteiger partial charge in [0.2, 0.25) is 5.91 Å². The number of aliphatic hydroxyl groups is 1. The number of allylic oxidation sites excluding steroid dienone is 9. The summed E-state index contributed by atoms with van der Waals surface area (Å²) in [5.41, 5.74) is 0. The van der Waals surface area contributed by atoms with Crippen LogP contribution in [0, 0.1) is 0 Å². The highest BCUT2D eigenvalue weighted by atomic mass is 31.2. The van der Waals surface area contributed by atoms with Gasteiger partial charge in [-0.15, -0.1) is 0 Å². The van der Waals surface area contributed by atoms with Gasteiger partial charge in [-0.1, -0.05) is 389 Å². The predicted molar refractivity (Wildman–Crippen MR) is 404 cm³/mol. The standard InChI is InChI=1S/C83H159N2O6P/c1-6-8-10-12-14-16-18-20-22-24-26-28-30-32-34-36-37-38-39-40-41-42-43-44-45-46-47-49-51-53-55-57-59-61-63-65-67-69-71-73-75-77-83(87)84-81(80-91-92(88,89)90-79-78-85(3,4)5)82(86)76-74-72-70-68-66-64-62-60-58-56-54-52-50-48-35-33-31-29-27-25-23-21-19-17-15-13-11-9-7-2/h18,20,24,26,58,60,66,68,74,76,81-82,86H,6-17,19,21-23,25,27-57,59,61-65,67,69-73,75,77-80H2,1-5H3,(H-,84,87,88,89)/b20-18-,26-24-,60-58+,68-66+,76-74+. The number of rotatable bonds is 76. The van der Waals surface area contributed by atoms with Crippen molar-refractivity contribution in [3.05, 3.63) is 60.8 Å². The average molecular weight is 1310 g/mol. The van der Waals surface area contributed by atoms with Gasteiger partial charge in [0.15, 0.2) is 0 Å². The fraction of sp³-hybridized carbons (Fsp3) is 0.867. The summed E-state index contributed by atoms with van der Waals surface area (Å²) in [6.07, 6.45) is 103. The van der Waals surface area contributed by atoms with E-state index in [2.05, 4.69) is 67.8 Å². The molecule has 0 aliphatic heterocycles. The van der Waals surface area contributed by atoms with E-state index in [1.165, 1.54) is 340 Å². The molecule has 0 bridgehead atoms. The van der Waals surface area contributed by atoms with Crippen molar-refractivity contribution >= 4 is 13.7 Å². The van der Waals surface area contributed by atoms with Crippen LogP contribution in [0.15, 0.2) is 60.8 Å². The number of likely N-dealkylation sites (N-methyl/N-ethyl adjacent to an activating group) is 1. The molecule has 0 saturated heterocycles. The zero-order chi connectivity index (χ0) is 66.9. The summed E-state index contributed by atoms with van der Waals surface area (Å²) >= 11 is 0. The SMILES string of the molecule is CCCCCCC/C=C\C/C=C\CCCCCCCCCCCCCCCCCCCCCCCCCCCCCCCC(=O)NC(COP(=O)([O-])OCC[N+](C)(C)C)C(O)/C=C/CC/C=C/CC/C=C/CCCCCCCCCCCCCCCCCCCCC. The lowest BCUT2D eigenvalue weighted by Gasteiger charge is -2.29. The fourth-order valence-corrected chi connectivity index (χ4v) is 13.1. The Morgan fingerprint density at radius 3 is 0.946 bits per heavy atom. The molecule has 3 atom stereocenters. The van der Waals surface area contributed by atoms with Crippen LogP contribution in [0.1, 0.15) is 412 Å². The lowest BCUT2D eigenvalue weighted by Crippen LogP contribution is -2.45. The molecule has 0 aromatic heterocycles. The number of nitrogens with one attached hydrogen (secondary N) is 1. The number of hydrogen-bond acceptors (Lipinski definition) is 6. The molecule has 0 aliphatic carbocycles. The number of amides is 1. The molecule has 0 aromatic carbocycles. The number of carbonyl (C=O) groups excluding carboxylic acids is 1. The van der Waals surface area contributed by atoms with Gasteiger partial charge >= 0.3 is 0 Å². The molecular weight excluding hydrogens is 1150 g/mol. The monoisotopic (exact) mass is 1310 g/mol. The van der Waals surface area contributed by atoms with Crippen LogP contribution in [-0.2, 0) is 18.4 Å². The number of hydrogen-bond donors (Lipinski definition) is 2. The van der Waals surface area contributed by atoms with E-state index >= 15 is 0 Å². The molecule has 1 amide bonds. The highest BCUT2D eigenvalue weighted by molar-refractivity contribution is 7.45. The molecule has 0 heterocycles. The van der Waals surface area contributed by atoms with E-state index < -0.39 is 26.6 Å². The second-order valence-electron chi connectivity index (χ2n) is 29.1. The first-order valence-electron chi connectivity index (χ1n) is 40.7. The van der Waals surface area contributed by atoms with Crippen LogP contribution in [0.4, 0.5) is 0 Å². The summed E-state index contributed by atoms with van der Waals surface area (Å²) in [5, 5.41) is 14.0. The normalized spacial score (nSPS) is 13.8. The number of aliphatic hydroxyl groups excluding tert-OH is 1. The Labute approximate surface area is 574 Å². The lowest BCUT2D eigenvalue weighted by molar-refractivity contribution is -0.870. The molecule has 0 rings (SSSR count). The Morgan fingerprint density at radius 1 is 0.380 bits per heavy atom. The molecule has 0 radical (unpaired) electrons. The van der Waals surface area contributed by atoms with E-state index in [0.29, 0.717) is 17.4 Å². The molecule has 0 saturated carbocycles. The third kappa shape index (κ3) is 75.6. The Morgan fingerprint density at radius 2 is 0.641 bits per heavy atom. The van der Waals surface area contributed by atoms with Crippen molar-refractivity contribution < 1.29 is 32.9 Å². The maximum atomic E-state index is 13.1. The van der Waals surface area contributed by atoms with E-state index in [0.717, 1.165) is 51.4 Å². The Kier molecular flexibility index (Phi) is 72.0. The van der Waals surface area contributed by atoms with Crippen LogP contribution < -0.4 is 10.2 Å². The number of nitrogens with zero attached hydrogens (tertiary/aromatic N) is 1. The summed E-state index contributed by atoms with van der Waals surface area (Å²) in [7, 11) is 1.25. The third-order valence-electron chi connectivity index (χ3n) is 18.7. The maximum Gasteiger partial charge on any atom is 0.268 e. The highest BCUT2D eigenvalue weighted by Crippen LogP contribution is 2.38. The van der Waals surface area contributed by atoms with Crippen molar-refractivity contribution in [2.75, 3.05) is 40.9 Å². The number of phosphoric acid groups is 1. The summed E-state index contributed by atoms with van der Waals surface area (Å²) in [4.78, 5) is 25.7. The van der Waals surface area contributed by atoms with Gasteiger partial charge in [-0.3, -0.25) is 9.36 Å². The molecular formula is C83H159N2O6P. The predicted octanol–water partition coefficient (Wildman–Crippen LogP) is 26.0. The summed E-state index contributed by atoms with van der Waals surface area (Å²) < 4.78 is 23.5. The second-order valence-corrected chi connectivity index (χ2v) is 30.5. The Balaban J connectivity index is 3.96. The number of carbonyl (C=O) groups is 1. The molecule has 0 fully saturated rings. The fourth-order valence-electron chi connectivity index (χ4n) is 12.4. The van der Waals surface area contributed by atoms with E-state index in [4.69, 9.17) is 9.05 Å². The van der Waals surface area contributed by atoms with Crippen LogP contribution in [-0.4, -0.2) is 68.5 Å². The molecule has 8 nitrogen and oxygen atoms in total. The van der Waals surface area contributed by atoms with Crippen molar-refractivity contribution in [1.82, 2.24) is 5.32 Å². The van der Waals surface area contributed by atoms with Crippen LogP contribution in [0.5, 0.6) is 0 Å². The van der Waals surface area contributed by atoms with E-state index in [-0.39, 0.29) is 12.5 Å². The first-order chi connectivity index (χ1) is 45.0. The van der Waals surface area contributed by atoms with Crippen LogP contribution >= 0.6 is 7.82 Å². The van der Waals surface area contributed by atoms with Gasteiger partial charge in [0, 0.05) is 6.42 Å². The van der Waals surface area contributed by atoms with Crippen LogP contribution in [0.3, 0.4) is 0 Å². The lowest BCUT2D eigenvalue weighted by atomic mass is 10.0. The molecule has 542 valence electrons. The first-order valence-corrected chi connectivity index (χ1v) is 42.1. The number of unbranched alkanes of at least 4 members (excludes halogenated alkanes) is 55. The summed E-state index contributed by atoms with van der Waals surface area (Å²) in [6, 6.07) is -0.912. The second kappa shape index (κ2) is 73.4. The minimum atomic E-state index is -4.62.